The molecule has 0 radical (unpaired) electrons. The maximum Gasteiger partial charge on any atom is 0.255 e. The fourth-order valence-electron chi connectivity index (χ4n) is 1.44. The number of amides is 1. The molecule has 0 aliphatic heterocycles. The van der Waals surface area contributed by atoms with Gasteiger partial charge in [0.2, 0.25) is 0 Å². The molecule has 2 aromatic rings. The third-order valence-electron chi connectivity index (χ3n) is 2.28. The van der Waals surface area contributed by atoms with E-state index in [-0.39, 0.29) is 5.91 Å². The Morgan fingerprint density at radius 3 is 3.12 bits per heavy atom. The van der Waals surface area contributed by atoms with Crippen LogP contribution in [-0.4, -0.2) is 27.9 Å². The summed E-state index contributed by atoms with van der Waals surface area (Å²) in [6.07, 6.45) is 4.88. The van der Waals surface area contributed by atoms with Crippen LogP contribution in [0.3, 0.4) is 0 Å². The van der Waals surface area contributed by atoms with Crippen LogP contribution >= 0.6 is 0 Å². The largest absolute Gasteiger partial charge is 0.372 e. The van der Waals surface area contributed by atoms with Gasteiger partial charge in [0.1, 0.15) is 5.82 Å². The highest BCUT2D eigenvalue weighted by molar-refractivity contribution is 5.98. The van der Waals surface area contributed by atoms with Gasteiger partial charge in [-0.25, -0.2) is 9.97 Å². The lowest BCUT2D eigenvalue weighted by Gasteiger charge is -2.07. The maximum atomic E-state index is 11.9. The number of hydrogen-bond acceptors (Lipinski definition) is 4. The molecule has 2 aromatic heterocycles. The number of hydrogen-bond donors (Lipinski definition) is 3. The molecule has 6 heteroatoms. The van der Waals surface area contributed by atoms with Crippen LogP contribution in [0.4, 0.5) is 5.82 Å². The second-order valence-electron chi connectivity index (χ2n) is 3.41. The van der Waals surface area contributed by atoms with E-state index in [0.29, 0.717) is 17.9 Å². The summed E-state index contributed by atoms with van der Waals surface area (Å²) in [5.74, 6) is 0.395. The molecular weight excluding hydrogens is 218 g/mol. The number of aromatic nitrogens is 3. The van der Waals surface area contributed by atoms with Gasteiger partial charge in [0.15, 0.2) is 0 Å². The van der Waals surface area contributed by atoms with Crippen molar-refractivity contribution in [2.24, 2.45) is 0 Å². The molecule has 1 amide bonds. The molecule has 0 saturated heterocycles. The van der Waals surface area contributed by atoms with Crippen molar-refractivity contribution in [2.75, 3.05) is 12.4 Å². The number of carbonyl (C=O) groups is 1. The Morgan fingerprint density at radius 2 is 2.41 bits per heavy atom. The molecule has 0 aliphatic rings. The van der Waals surface area contributed by atoms with Gasteiger partial charge in [-0.3, -0.25) is 4.79 Å². The van der Waals surface area contributed by atoms with Crippen molar-refractivity contribution in [2.45, 2.75) is 6.54 Å². The number of carbonyl (C=O) groups excluding carboxylic acids is 1. The van der Waals surface area contributed by atoms with E-state index in [9.17, 15) is 4.79 Å². The molecule has 3 N–H and O–H groups in total. The first-order valence-corrected chi connectivity index (χ1v) is 5.19. The third-order valence-corrected chi connectivity index (χ3v) is 2.28. The zero-order valence-electron chi connectivity index (χ0n) is 9.40. The molecule has 2 heterocycles. The molecule has 0 atom stereocenters. The minimum absolute atomic E-state index is 0.169. The second kappa shape index (κ2) is 5.11. The summed E-state index contributed by atoms with van der Waals surface area (Å²) in [4.78, 5) is 22.8. The normalized spacial score (nSPS) is 9.94. The average molecular weight is 231 g/mol. The number of anilines is 1. The highest BCUT2D eigenvalue weighted by atomic mass is 16.1. The van der Waals surface area contributed by atoms with Crippen LogP contribution in [0.2, 0.25) is 0 Å². The van der Waals surface area contributed by atoms with Crippen LogP contribution in [0.1, 0.15) is 16.1 Å². The molecule has 0 aromatic carbocycles. The van der Waals surface area contributed by atoms with Gasteiger partial charge >= 0.3 is 0 Å². The van der Waals surface area contributed by atoms with E-state index in [1.165, 1.54) is 0 Å². The zero-order chi connectivity index (χ0) is 12.1. The molecule has 0 fully saturated rings. The highest BCUT2D eigenvalue weighted by Crippen LogP contribution is 2.10. The Morgan fingerprint density at radius 1 is 1.53 bits per heavy atom. The lowest BCUT2D eigenvalue weighted by molar-refractivity contribution is 0.0951. The Balaban J connectivity index is 2.04. The number of nitrogens with zero attached hydrogens (tertiary/aromatic N) is 2. The monoisotopic (exact) mass is 231 g/mol. The Kier molecular flexibility index (Phi) is 3.34. The third kappa shape index (κ3) is 2.60. The maximum absolute atomic E-state index is 11.9. The summed E-state index contributed by atoms with van der Waals surface area (Å²) < 4.78 is 0. The SMILES string of the molecule is CNc1ncccc1C(=O)NCc1cnc[nH]1. The molecular formula is C11H13N5O. The van der Waals surface area contributed by atoms with Gasteiger partial charge in [-0.05, 0) is 12.1 Å². The van der Waals surface area contributed by atoms with Crippen LogP contribution in [-0.2, 0) is 6.54 Å². The van der Waals surface area contributed by atoms with Crippen molar-refractivity contribution >= 4 is 11.7 Å². The minimum Gasteiger partial charge on any atom is -0.372 e. The van der Waals surface area contributed by atoms with Crippen LogP contribution in [0.25, 0.3) is 0 Å². The summed E-state index contributed by atoms with van der Waals surface area (Å²) in [7, 11) is 1.73. The van der Waals surface area contributed by atoms with Gasteiger partial charge < -0.3 is 15.6 Å². The fourth-order valence-corrected chi connectivity index (χ4v) is 1.44. The molecule has 0 aliphatic carbocycles. The molecule has 0 spiro atoms. The van der Waals surface area contributed by atoms with E-state index in [2.05, 4.69) is 25.6 Å². The Bertz CT molecular complexity index is 494. The first-order valence-electron chi connectivity index (χ1n) is 5.19. The van der Waals surface area contributed by atoms with E-state index >= 15 is 0 Å². The molecule has 0 bridgehead atoms. The molecule has 2 rings (SSSR count). The van der Waals surface area contributed by atoms with Crippen LogP contribution in [0.5, 0.6) is 0 Å². The predicted molar refractivity (Wildman–Crippen MR) is 63.5 cm³/mol. The van der Waals surface area contributed by atoms with Crippen LogP contribution < -0.4 is 10.6 Å². The summed E-state index contributed by atoms with van der Waals surface area (Å²) in [5.41, 5.74) is 1.38. The summed E-state index contributed by atoms with van der Waals surface area (Å²) in [6, 6.07) is 3.45. The van der Waals surface area contributed by atoms with Gasteiger partial charge in [-0.1, -0.05) is 0 Å². The Labute approximate surface area is 98.5 Å². The summed E-state index contributed by atoms with van der Waals surface area (Å²) in [6.45, 7) is 0.414. The van der Waals surface area contributed by atoms with Crippen molar-refractivity contribution in [3.05, 3.63) is 42.1 Å². The number of aromatic amines is 1. The second-order valence-corrected chi connectivity index (χ2v) is 3.41. The molecule has 17 heavy (non-hydrogen) atoms. The number of H-pyrrole nitrogens is 1. The van der Waals surface area contributed by atoms with Gasteiger partial charge in [0, 0.05) is 19.4 Å². The van der Waals surface area contributed by atoms with E-state index in [1.54, 1.807) is 37.9 Å². The van der Waals surface area contributed by atoms with Crippen molar-refractivity contribution in [3.8, 4) is 0 Å². The van der Waals surface area contributed by atoms with Gasteiger partial charge in [-0.15, -0.1) is 0 Å². The molecule has 0 unspecified atom stereocenters. The lowest BCUT2D eigenvalue weighted by Crippen LogP contribution is -2.24. The Hall–Kier alpha value is -2.37. The summed E-state index contributed by atoms with van der Waals surface area (Å²) >= 11 is 0. The molecule has 6 nitrogen and oxygen atoms in total. The van der Waals surface area contributed by atoms with Gasteiger partial charge in [-0.2, -0.15) is 0 Å². The van der Waals surface area contributed by atoms with E-state index < -0.39 is 0 Å². The number of rotatable bonds is 4. The average Bonchev–Trinajstić information content (AvgIpc) is 2.89. The van der Waals surface area contributed by atoms with Gasteiger partial charge in [0.25, 0.3) is 5.91 Å². The number of pyridine rings is 1. The van der Waals surface area contributed by atoms with E-state index in [1.807, 2.05) is 0 Å². The molecule has 0 saturated carbocycles. The van der Waals surface area contributed by atoms with Crippen molar-refractivity contribution in [3.63, 3.8) is 0 Å². The van der Waals surface area contributed by atoms with Crippen LogP contribution in [0, 0.1) is 0 Å². The quantitative estimate of drug-likeness (QED) is 0.726. The van der Waals surface area contributed by atoms with Gasteiger partial charge in [0.05, 0.1) is 24.1 Å². The lowest BCUT2D eigenvalue weighted by atomic mass is 10.2. The first kappa shape index (κ1) is 11.1. The van der Waals surface area contributed by atoms with E-state index in [4.69, 9.17) is 0 Å². The summed E-state index contributed by atoms with van der Waals surface area (Å²) in [5, 5.41) is 5.66. The highest BCUT2D eigenvalue weighted by Gasteiger charge is 2.10. The van der Waals surface area contributed by atoms with Crippen molar-refractivity contribution < 1.29 is 4.79 Å². The molecule has 88 valence electrons. The number of nitrogens with one attached hydrogen (secondary N) is 3. The smallest absolute Gasteiger partial charge is 0.255 e. The van der Waals surface area contributed by atoms with Crippen molar-refractivity contribution in [1.82, 2.24) is 20.3 Å². The topological polar surface area (TPSA) is 82.7 Å². The van der Waals surface area contributed by atoms with Crippen molar-refractivity contribution in [1.29, 1.82) is 0 Å². The standard InChI is InChI=1S/C11H13N5O/c1-12-10-9(3-2-4-14-10)11(17)15-6-8-5-13-7-16-8/h2-5,7H,6H2,1H3,(H,12,14)(H,13,16)(H,15,17). The van der Waals surface area contributed by atoms with Crippen LogP contribution in [0.15, 0.2) is 30.9 Å². The number of imidazole rings is 1. The zero-order valence-corrected chi connectivity index (χ0v) is 9.40. The van der Waals surface area contributed by atoms with E-state index in [0.717, 1.165) is 5.69 Å². The minimum atomic E-state index is -0.169. The predicted octanol–water partition coefficient (Wildman–Crippen LogP) is 0.776. The fraction of sp³-hybridized carbons (Fsp3) is 0.182. The first-order chi connectivity index (χ1) is 8.31.